The van der Waals surface area contributed by atoms with Crippen LogP contribution >= 0.6 is 11.6 Å². The van der Waals surface area contributed by atoms with Gasteiger partial charge in [-0.15, -0.1) is 0 Å². The highest BCUT2D eigenvalue weighted by Crippen LogP contribution is 2.28. The molecular formula is C21H20ClN3O3. The predicted molar refractivity (Wildman–Crippen MR) is 108 cm³/mol. The van der Waals surface area contributed by atoms with Gasteiger partial charge in [0.1, 0.15) is 0 Å². The highest BCUT2D eigenvalue weighted by molar-refractivity contribution is 6.33. The second-order valence-electron chi connectivity index (χ2n) is 6.19. The molecule has 1 heterocycles. The smallest absolute Gasteiger partial charge is 0.224 e. The van der Waals surface area contributed by atoms with E-state index in [1.165, 1.54) is 0 Å². The van der Waals surface area contributed by atoms with Crippen molar-refractivity contribution in [2.75, 3.05) is 12.4 Å². The SMILES string of the molecule is CNC(=O)Cc1ccc(NC(=O)CCc2ncc(-c3ccccc3Cl)o2)cc1. The van der Waals surface area contributed by atoms with Crippen LogP contribution in [-0.2, 0) is 22.4 Å². The van der Waals surface area contributed by atoms with E-state index in [2.05, 4.69) is 15.6 Å². The van der Waals surface area contributed by atoms with E-state index in [4.69, 9.17) is 16.0 Å². The fraction of sp³-hybridized carbons (Fsp3) is 0.190. The Bertz CT molecular complexity index is 967. The van der Waals surface area contributed by atoms with E-state index in [1.54, 1.807) is 31.4 Å². The van der Waals surface area contributed by atoms with Crippen molar-refractivity contribution < 1.29 is 14.0 Å². The number of nitrogens with one attached hydrogen (secondary N) is 2. The van der Waals surface area contributed by atoms with Crippen LogP contribution in [0.2, 0.25) is 5.02 Å². The first kappa shape index (κ1) is 19.6. The maximum absolute atomic E-state index is 12.2. The van der Waals surface area contributed by atoms with Crippen molar-refractivity contribution >= 4 is 29.1 Å². The third-order valence-electron chi connectivity index (χ3n) is 4.14. The van der Waals surface area contributed by atoms with E-state index in [1.807, 2.05) is 30.3 Å². The lowest BCUT2D eigenvalue weighted by atomic mass is 10.1. The first-order chi connectivity index (χ1) is 13.5. The van der Waals surface area contributed by atoms with Crippen molar-refractivity contribution in [3.63, 3.8) is 0 Å². The van der Waals surface area contributed by atoms with Crippen molar-refractivity contribution in [3.05, 3.63) is 71.2 Å². The molecule has 0 aliphatic rings. The number of halogens is 1. The molecule has 0 aliphatic heterocycles. The summed E-state index contributed by atoms with van der Waals surface area (Å²) in [4.78, 5) is 27.7. The summed E-state index contributed by atoms with van der Waals surface area (Å²) in [7, 11) is 1.60. The number of carbonyl (C=O) groups excluding carboxylic acids is 2. The summed E-state index contributed by atoms with van der Waals surface area (Å²) in [6.07, 6.45) is 2.54. The number of hydrogen-bond donors (Lipinski definition) is 2. The number of benzene rings is 2. The minimum absolute atomic E-state index is 0.0566. The van der Waals surface area contributed by atoms with Gasteiger partial charge < -0.3 is 15.1 Å². The van der Waals surface area contributed by atoms with Gasteiger partial charge in [-0.05, 0) is 29.8 Å². The van der Waals surface area contributed by atoms with E-state index in [0.29, 0.717) is 35.2 Å². The lowest BCUT2D eigenvalue weighted by Crippen LogP contribution is -2.19. The van der Waals surface area contributed by atoms with Crippen LogP contribution in [0.4, 0.5) is 5.69 Å². The van der Waals surface area contributed by atoms with Crippen LogP contribution in [0.1, 0.15) is 17.9 Å². The molecule has 1 aromatic heterocycles. The molecule has 28 heavy (non-hydrogen) atoms. The highest BCUT2D eigenvalue weighted by atomic mass is 35.5. The van der Waals surface area contributed by atoms with Crippen LogP contribution in [0.15, 0.2) is 59.1 Å². The summed E-state index contributed by atoms with van der Waals surface area (Å²) in [5.41, 5.74) is 2.32. The average Bonchev–Trinajstić information content (AvgIpc) is 3.17. The summed E-state index contributed by atoms with van der Waals surface area (Å²) >= 11 is 6.16. The molecule has 0 aliphatic carbocycles. The van der Waals surface area contributed by atoms with Crippen LogP contribution < -0.4 is 10.6 Å². The number of aromatic nitrogens is 1. The number of rotatable bonds is 7. The Balaban J connectivity index is 1.52. The Hall–Kier alpha value is -3.12. The van der Waals surface area contributed by atoms with Gasteiger partial charge in [0.2, 0.25) is 11.8 Å². The number of aryl methyl sites for hydroxylation is 1. The largest absolute Gasteiger partial charge is 0.441 e. The molecule has 7 heteroatoms. The predicted octanol–water partition coefficient (Wildman–Crippen LogP) is 3.85. The Kier molecular flexibility index (Phi) is 6.45. The molecule has 2 amide bonds. The lowest BCUT2D eigenvalue weighted by Gasteiger charge is -2.06. The van der Waals surface area contributed by atoms with E-state index in [9.17, 15) is 9.59 Å². The molecule has 0 fully saturated rings. The summed E-state index contributed by atoms with van der Waals surface area (Å²) in [5.74, 6) is 0.856. The molecule has 0 spiro atoms. The number of oxazole rings is 1. The zero-order valence-electron chi connectivity index (χ0n) is 15.4. The summed E-state index contributed by atoms with van der Waals surface area (Å²) in [6.45, 7) is 0. The maximum atomic E-state index is 12.2. The second-order valence-corrected chi connectivity index (χ2v) is 6.60. The third-order valence-corrected chi connectivity index (χ3v) is 4.47. The van der Waals surface area contributed by atoms with Crippen LogP contribution in [-0.4, -0.2) is 23.8 Å². The number of nitrogens with zero attached hydrogens (tertiary/aromatic N) is 1. The monoisotopic (exact) mass is 397 g/mol. The van der Waals surface area contributed by atoms with Crippen LogP contribution in [0.5, 0.6) is 0 Å². The standard InChI is InChI=1S/C21H20ClN3O3/c1-23-20(27)12-14-6-8-15(9-7-14)25-19(26)10-11-21-24-13-18(28-21)16-4-2-3-5-17(16)22/h2-9,13H,10-12H2,1H3,(H,23,27)(H,25,26). The Labute approximate surface area is 167 Å². The Morgan fingerprint density at radius 3 is 2.54 bits per heavy atom. The van der Waals surface area contributed by atoms with Gasteiger partial charge in [-0.25, -0.2) is 4.98 Å². The average molecular weight is 398 g/mol. The number of carbonyl (C=O) groups is 2. The zero-order valence-corrected chi connectivity index (χ0v) is 16.1. The Morgan fingerprint density at radius 2 is 1.82 bits per heavy atom. The maximum Gasteiger partial charge on any atom is 0.224 e. The molecule has 144 valence electrons. The molecule has 0 saturated heterocycles. The van der Waals surface area contributed by atoms with Gasteiger partial charge in [-0.1, -0.05) is 35.9 Å². The molecular weight excluding hydrogens is 378 g/mol. The molecule has 0 unspecified atom stereocenters. The molecule has 2 N–H and O–H groups in total. The molecule has 0 atom stereocenters. The fourth-order valence-corrected chi connectivity index (χ4v) is 2.86. The van der Waals surface area contributed by atoms with E-state index < -0.39 is 0 Å². The van der Waals surface area contributed by atoms with Crippen molar-refractivity contribution in [2.45, 2.75) is 19.3 Å². The topological polar surface area (TPSA) is 84.2 Å². The molecule has 2 aromatic carbocycles. The number of hydrogen-bond acceptors (Lipinski definition) is 4. The van der Waals surface area contributed by atoms with Crippen molar-refractivity contribution in [3.8, 4) is 11.3 Å². The van der Waals surface area contributed by atoms with Crippen molar-refractivity contribution in [1.82, 2.24) is 10.3 Å². The molecule has 0 radical (unpaired) electrons. The van der Waals surface area contributed by atoms with Gasteiger partial charge in [0.25, 0.3) is 0 Å². The fourth-order valence-electron chi connectivity index (χ4n) is 2.64. The normalized spacial score (nSPS) is 10.5. The quantitative estimate of drug-likeness (QED) is 0.634. The zero-order chi connectivity index (χ0) is 19.9. The van der Waals surface area contributed by atoms with Crippen molar-refractivity contribution in [2.24, 2.45) is 0 Å². The van der Waals surface area contributed by atoms with Crippen LogP contribution in [0.25, 0.3) is 11.3 Å². The van der Waals surface area contributed by atoms with Crippen LogP contribution in [0, 0.1) is 0 Å². The van der Waals surface area contributed by atoms with Crippen molar-refractivity contribution in [1.29, 1.82) is 0 Å². The third kappa shape index (κ3) is 5.20. The van der Waals surface area contributed by atoms with E-state index in [0.717, 1.165) is 11.1 Å². The van der Waals surface area contributed by atoms with Gasteiger partial charge >= 0.3 is 0 Å². The molecule has 0 bridgehead atoms. The Morgan fingerprint density at radius 1 is 1.07 bits per heavy atom. The molecule has 3 rings (SSSR count). The van der Waals surface area contributed by atoms with E-state index >= 15 is 0 Å². The summed E-state index contributed by atoms with van der Waals surface area (Å²) in [5, 5.41) is 5.99. The second kappa shape index (κ2) is 9.19. The molecule has 3 aromatic rings. The minimum atomic E-state index is -0.142. The summed E-state index contributed by atoms with van der Waals surface area (Å²) < 4.78 is 5.70. The van der Waals surface area contributed by atoms with Gasteiger partial charge in [0.15, 0.2) is 11.7 Å². The number of likely N-dealkylation sites (N-methyl/N-ethyl adjacent to an activating group) is 1. The first-order valence-electron chi connectivity index (χ1n) is 8.84. The van der Waals surface area contributed by atoms with Gasteiger partial charge in [-0.3, -0.25) is 9.59 Å². The van der Waals surface area contributed by atoms with Gasteiger partial charge in [0, 0.05) is 31.1 Å². The number of anilines is 1. The number of amides is 2. The van der Waals surface area contributed by atoms with Gasteiger partial charge in [-0.2, -0.15) is 0 Å². The molecule has 6 nitrogen and oxygen atoms in total. The lowest BCUT2D eigenvalue weighted by molar-refractivity contribution is -0.120. The minimum Gasteiger partial charge on any atom is -0.441 e. The molecule has 0 saturated carbocycles. The summed E-state index contributed by atoms with van der Waals surface area (Å²) in [6, 6.07) is 14.5. The van der Waals surface area contributed by atoms with Gasteiger partial charge in [0.05, 0.1) is 17.6 Å². The first-order valence-corrected chi connectivity index (χ1v) is 9.22. The van der Waals surface area contributed by atoms with Crippen LogP contribution in [0.3, 0.4) is 0 Å². The highest BCUT2D eigenvalue weighted by Gasteiger charge is 2.11. The van der Waals surface area contributed by atoms with E-state index in [-0.39, 0.29) is 18.2 Å².